The van der Waals surface area contributed by atoms with Crippen molar-refractivity contribution >= 4 is 45.9 Å². The summed E-state index contributed by atoms with van der Waals surface area (Å²) in [6.07, 6.45) is 2.62. The lowest BCUT2D eigenvalue weighted by Gasteiger charge is -2.36. The second-order valence-corrected chi connectivity index (χ2v) is 9.71. The molecular formula is C30H23NO2S. The highest BCUT2D eigenvalue weighted by Gasteiger charge is 2.46. The van der Waals surface area contributed by atoms with Gasteiger partial charge in [-0.25, -0.2) is 0 Å². The zero-order valence-corrected chi connectivity index (χ0v) is 19.3. The molecule has 1 aromatic heterocycles. The molecule has 3 nitrogen and oxygen atoms in total. The summed E-state index contributed by atoms with van der Waals surface area (Å²) in [5.41, 5.74) is 6.51. The number of aliphatic hydroxyl groups excluding tert-OH is 1. The Bertz CT molecular complexity index is 1590. The van der Waals surface area contributed by atoms with Gasteiger partial charge in [0.2, 0.25) is 0 Å². The van der Waals surface area contributed by atoms with Crippen molar-refractivity contribution in [2.45, 2.75) is 29.2 Å². The molecule has 0 amide bonds. The molecule has 0 spiro atoms. The number of allylic oxidation sites excluding steroid dienone is 1. The highest BCUT2D eigenvalue weighted by molar-refractivity contribution is 7.80. The van der Waals surface area contributed by atoms with Crippen LogP contribution in [0.4, 0.5) is 11.4 Å². The van der Waals surface area contributed by atoms with Crippen molar-refractivity contribution in [1.82, 2.24) is 0 Å². The van der Waals surface area contributed by atoms with E-state index >= 15 is 0 Å². The number of para-hydroxylation sites is 3. The Morgan fingerprint density at radius 2 is 1.59 bits per heavy atom. The second kappa shape index (κ2) is 7.44. The van der Waals surface area contributed by atoms with Gasteiger partial charge in [-0.2, -0.15) is 0 Å². The van der Waals surface area contributed by atoms with Crippen molar-refractivity contribution < 1.29 is 9.52 Å². The first-order valence-corrected chi connectivity index (χ1v) is 12.1. The maximum atomic E-state index is 11.0. The van der Waals surface area contributed by atoms with E-state index in [0.29, 0.717) is 12.2 Å². The fraction of sp³-hybridized carbons (Fsp3) is 0.133. The summed E-state index contributed by atoms with van der Waals surface area (Å²) >= 11 is 4.77. The molecular weight excluding hydrogens is 438 g/mol. The molecule has 166 valence electrons. The zero-order chi connectivity index (χ0) is 22.8. The lowest BCUT2D eigenvalue weighted by molar-refractivity contribution is 0.331. The average molecular weight is 462 g/mol. The van der Waals surface area contributed by atoms with Gasteiger partial charge < -0.3 is 14.4 Å². The van der Waals surface area contributed by atoms with Crippen LogP contribution in [0.5, 0.6) is 0 Å². The van der Waals surface area contributed by atoms with Crippen molar-refractivity contribution in [2.75, 3.05) is 4.90 Å². The van der Waals surface area contributed by atoms with Crippen LogP contribution in [-0.4, -0.2) is 11.1 Å². The molecule has 0 radical (unpaired) electrons. The van der Waals surface area contributed by atoms with Crippen LogP contribution in [0.1, 0.15) is 29.4 Å². The summed E-state index contributed by atoms with van der Waals surface area (Å²) in [7, 11) is 0. The quantitative estimate of drug-likeness (QED) is 0.261. The van der Waals surface area contributed by atoms with E-state index in [9.17, 15) is 5.11 Å². The summed E-state index contributed by atoms with van der Waals surface area (Å²) < 4.78 is 6.44. The molecule has 3 atom stereocenters. The third-order valence-corrected chi connectivity index (χ3v) is 7.79. The van der Waals surface area contributed by atoms with E-state index in [-0.39, 0.29) is 17.9 Å². The van der Waals surface area contributed by atoms with Gasteiger partial charge in [-0.1, -0.05) is 60.7 Å². The fourth-order valence-corrected chi connectivity index (χ4v) is 6.37. The van der Waals surface area contributed by atoms with E-state index in [4.69, 9.17) is 17.0 Å². The highest BCUT2D eigenvalue weighted by atomic mass is 32.1. The predicted molar refractivity (Wildman–Crippen MR) is 141 cm³/mol. The van der Waals surface area contributed by atoms with Crippen LogP contribution in [0, 0.1) is 0 Å². The van der Waals surface area contributed by atoms with Gasteiger partial charge >= 0.3 is 0 Å². The molecule has 5 aromatic rings. The monoisotopic (exact) mass is 461 g/mol. The molecule has 0 saturated carbocycles. The number of benzene rings is 4. The van der Waals surface area contributed by atoms with Gasteiger partial charge in [0.05, 0.1) is 11.8 Å². The summed E-state index contributed by atoms with van der Waals surface area (Å²) in [6.45, 7) is 0. The number of fused-ring (bicyclic) bond motifs is 6. The van der Waals surface area contributed by atoms with Gasteiger partial charge in [0.1, 0.15) is 11.2 Å². The van der Waals surface area contributed by atoms with Crippen LogP contribution in [0.2, 0.25) is 0 Å². The number of furan rings is 1. The Kier molecular flexibility index (Phi) is 4.33. The predicted octanol–water partition coefficient (Wildman–Crippen LogP) is 8.11. The molecule has 3 unspecified atom stereocenters. The van der Waals surface area contributed by atoms with Crippen molar-refractivity contribution in [3.05, 3.63) is 114 Å². The minimum Gasteiger partial charge on any atom is -0.513 e. The molecule has 7 rings (SSSR count). The van der Waals surface area contributed by atoms with Gasteiger partial charge in [-0.05, 0) is 47.5 Å². The topological polar surface area (TPSA) is 36.6 Å². The van der Waals surface area contributed by atoms with E-state index < -0.39 is 0 Å². The molecule has 1 N–H and O–H groups in total. The van der Waals surface area contributed by atoms with Crippen LogP contribution in [0.15, 0.2) is 112 Å². The van der Waals surface area contributed by atoms with E-state index in [0.717, 1.165) is 38.1 Å². The van der Waals surface area contributed by atoms with Crippen molar-refractivity contribution in [1.29, 1.82) is 0 Å². The maximum absolute atomic E-state index is 11.0. The van der Waals surface area contributed by atoms with Gasteiger partial charge in [-0.15, -0.1) is 12.6 Å². The Morgan fingerprint density at radius 3 is 2.47 bits per heavy atom. The van der Waals surface area contributed by atoms with Crippen LogP contribution in [0.25, 0.3) is 21.9 Å². The van der Waals surface area contributed by atoms with Crippen LogP contribution >= 0.6 is 12.6 Å². The summed E-state index contributed by atoms with van der Waals surface area (Å²) in [5.74, 6) is 0.690. The Labute approximate surface area is 203 Å². The molecule has 0 saturated heterocycles. The van der Waals surface area contributed by atoms with Gasteiger partial charge in [0.15, 0.2) is 0 Å². The lowest BCUT2D eigenvalue weighted by Crippen LogP contribution is -2.34. The largest absolute Gasteiger partial charge is 0.513 e. The van der Waals surface area contributed by atoms with Gasteiger partial charge in [0.25, 0.3) is 0 Å². The van der Waals surface area contributed by atoms with Crippen molar-refractivity contribution in [2.24, 2.45) is 0 Å². The molecule has 0 fully saturated rings. The second-order valence-electron chi connectivity index (χ2n) is 9.23. The lowest BCUT2D eigenvalue weighted by atomic mass is 9.73. The molecule has 0 bridgehead atoms. The maximum Gasteiger partial charge on any atom is 0.140 e. The number of hydrogen-bond donors (Lipinski definition) is 2. The van der Waals surface area contributed by atoms with E-state index in [2.05, 4.69) is 71.6 Å². The Hall–Kier alpha value is -3.63. The summed E-state index contributed by atoms with van der Waals surface area (Å²) in [4.78, 5) is 3.28. The van der Waals surface area contributed by atoms with Crippen LogP contribution < -0.4 is 4.90 Å². The highest BCUT2D eigenvalue weighted by Crippen LogP contribution is 2.56. The zero-order valence-electron chi connectivity index (χ0n) is 18.4. The van der Waals surface area contributed by atoms with Crippen LogP contribution in [-0.2, 0) is 0 Å². The minimum atomic E-state index is 0.0219. The van der Waals surface area contributed by atoms with Crippen molar-refractivity contribution in [3.63, 3.8) is 0 Å². The molecule has 4 aromatic carbocycles. The molecule has 34 heavy (non-hydrogen) atoms. The first-order chi connectivity index (χ1) is 16.7. The minimum absolute atomic E-state index is 0.0219. The SMILES string of the molecule is OC1=CC2C(c3ccccc3N2c2ccccc2)C(c2ccc(S)c3c2oc2ccccc23)C1. The Morgan fingerprint density at radius 1 is 0.824 bits per heavy atom. The first-order valence-electron chi connectivity index (χ1n) is 11.7. The normalized spacial score (nSPS) is 21.5. The fourth-order valence-electron chi connectivity index (χ4n) is 6.07. The number of rotatable bonds is 2. The third kappa shape index (κ3) is 2.78. The number of nitrogens with zero attached hydrogens (tertiary/aromatic N) is 1. The van der Waals surface area contributed by atoms with Crippen LogP contribution in [0.3, 0.4) is 0 Å². The number of thiol groups is 1. The number of aliphatic hydroxyl groups is 1. The molecule has 2 heterocycles. The first kappa shape index (κ1) is 19.8. The molecule has 4 heteroatoms. The Balaban J connectivity index is 1.46. The van der Waals surface area contributed by atoms with Gasteiger partial charge in [0, 0.05) is 45.3 Å². The molecule has 1 aliphatic carbocycles. The smallest absolute Gasteiger partial charge is 0.140 e. The van der Waals surface area contributed by atoms with E-state index in [1.165, 1.54) is 11.3 Å². The standard InChI is InChI=1S/C30H23NO2S/c32-19-16-23(20-14-15-27(34)29-22-11-5-7-13-26(22)33-30(20)29)28-21-10-4-6-12-24(21)31(25(28)17-19)18-8-2-1-3-9-18/h1-15,17,23,25,28,32,34H,16H2. The summed E-state index contributed by atoms with van der Waals surface area (Å²) in [5, 5.41) is 13.1. The van der Waals surface area contributed by atoms with E-state index in [1.807, 2.05) is 30.3 Å². The summed E-state index contributed by atoms with van der Waals surface area (Å²) in [6, 6.07) is 31.5. The number of anilines is 2. The van der Waals surface area contributed by atoms with Gasteiger partial charge in [-0.3, -0.25) is 0 Å². The van der Waals surface area contributed by atoms with E-state index in [1.54, 1.807) is 0 Å². The third-order valence-electron chi connectivity index (χ3n) is 7.42. The van der Waals surface area contributed by atoms with Crippen molar-refractivity contribution in [3.8, 4) is 0 Å². The molecule has 1 aliphatic heterocycles. The number of hydrogen-bond acceptors (Lipinski definition) is 4. The molecule has 2 aliphatic rings. The average Bonchev–Trinajstić information content (AvgIpc) is 3.41.